The molecule has 0 saturated carbocycles. The van der Waals surface area contributed by atoms with Crippen molar-refractivity contribution in [3.05, 3.63) is 11.8 Å². The van der Waals surface area contributed by atoms with E-state index in [-0.39, 0.29) is 25.5 Å². The standard InChI is InChI=1S/C10H11F3N4O4/c1-20-9(19)16-2-3-17(5-18)6(4-16)7-14-15-8(21-7)10(11,12)13/h5-6H,2-4H2,1H3. The highest BCUT2D eigenvalue weighted by molar-refractivity contribution is 5.68. The monoisotopic (exact) mass is 308 g/mol. The first kappa shape index (κ1) is 15.1. The van der Waals surface area contributed by atoms with Crippen LogP contribution in [0.5, 0.6) is 0 Å². The van der Waals surface area contributed by atoms with Crippen LogP contribution in [0.15, 0.2) is 4.42 Å². The van der Waals surface area contributed by atoms with Crippen molar-refractivity contribution in [1.29, 1.82) is 0 Å². The first-order valence-corrected chi connectivity index (χ1v) is 5.81. The average molecular weight is 308 g/mol. The van der Waals surface area contributed by atoms with E-state index in [1.165, 1.54) is 16.9 Å². The third-order valence-corrected chi connectivity index (χ3v) is 2.96. The Morgan fingerprint density at radius 2 is 2.14 bits per heavy atom. The van der Waals surface area contributed by atoms with E-state index in [9.17, 15) is 22.8 Å². The number of carbonyl (C=O) groups is 2. The minimum atomic E-state index is -4.77. The van der Waals surface area contributed by atoms with Crippen molar-refractivity contribution in [2.75, 3.05) is 26.7 Å². The minimum Gasteiger partial charge on any atom is -0.453 e. The number of methoxy groups -OCH3 is 1. The molecule has 1 aromatic rings. The number of halogens is 3. The molecule has 1 saturated heterocycles. The predicted molar refractivity (Wildman–Crippen MR) is 58.8 cm³/mol. The number of hydrogen-bond acceptors (Lipinski definition) is 6. The van der Waals surface area contributed by atoms with Crippen molar-refractivity contribution in [3.8, 4) is 0 Å². The predicted octanol–water partition coefficient (Wildman–Crippen LogP) is 0.670. The molecule has 1 aliphatic rings. The number of aromatic nitrogens is 2. The molecule has 0 bridgehead atoms. The Kier molecular flexibility index (Phi) is 4.00. The second-order valence-corrected chi connectivity index (χ2v) is 4.22. The van der Waals surface area contributed by atoms with E-state index in [1.54, 1.807) is 0 Å². The van der Waals surface area contributed by atoms with Gasteiger partial charge >= 0.3 is 18.2 Å². The number of rotatable bonds is 2. The van der Waals surface area contributed by atoms with E-state index in [4.69, 9.17) is 0 Å². The smallest absolute Gasteiger partial charge is 0.453 e. The van der Waals surface area contributed by atoms with Gasteiger partial charge in [0.1, 0.15) is 6.04 Å². The molecule has 0 aliphatic carbocycles. The number of alkyl halides is 3. The van der Waals surface area contributed by atoms with Gasteiger partial charge < -0.3 is 19.0 Å². The van der Waals surface area contributed by atoms with E-state index in [2.05, 4.69) is 19.4 Å². The zero-order valence-corrected chi connectivity index (χ0v) is 10.8. The molecule has 21 heavy (non-hydrogen) atoms. The molecule has 0 aromatic carbocycles. The van der Waals surface area contributed by atoms with Gasteiger partial charge in [0.05, 0.1) is 13.7 Å². The molecule has 11 heteroatoms. The highest BCUT2D eigenvalue weighted by Crippen LogP contribution is 2.31. The van der Waals surface area contributed by atoms with E-state index in [1.807, 2.05) is 0 Å². The van der Waals surface area contributed by atoms with Crippen molar-refractivity contribution in [1.82, 2.24) is 20.0 Å². The molecule has 1 fully saturated rings. The first-order chi connectivity index (χ1) is 9.86. The van der Waals surface area contributed by atoms with Gasteiger partial charge in [0.15, 0.2) is 0 Å². The van der Waals surface area contributed by atoms with Crippen molar-refractivity contribution >= 4 is 12.5 Å². The Morgan fingerprint density at radius 3 is 2.67 bits per heavy atom. The van der Waals surface area contributed by atoms with Crippen molar-refractivity contribution in [2.45, 2.75) is 12.2 Å². The van der Waals surface area contributed by atoms with E-state index in [0.29, 0.717) is 6.41 Å². The largest absolute Gasteiger partial charge is 0.470 e. The van der Waals surface area contributed by atoms with Crippen molar-refractivity contribution in [2.24, 2.45) is 0 Å². The lowest BCUT2D eigenvalue weighted by atomic mass is 10.2. The molecule has 0 N–H and O–H groups in total. The summed E-state index contributed by atoms with van der Waals surface area (Å²) in [6.45, 7) is 0.222. The SMILES string of the molecule is COC(=O)N1CCN(C=O)C(c2nnc(C(F)(F)F)o2)C1. The summed E-state index contributed by atoms with van der Waals surface area (Å²) in [5, 5.41) is 6.21. The fourth-order valence-electron chi connectivity index (χ4n) is 1.92. The van der Waals surface area contributed by atoms with Crippen LogP contribution in [-0.2, 0) is 15.7 Å². The number of carbonyl (C=O) groups excluding carboxylic acids is 2. The second kappa shape index (κ2) is 5.58. The summed E-state index contributed by atoms with van der Waals surface area (Å²) in [6.07, 6.45) is -4.97. The van der Waals surface area contributed by atoms with Crippen molar-refractivity contribution in [3.63, 3.8) is 0 Å². The van der Waals surface area contributed by atoms with Gasteiger partial charge in [0.25, 0.3) is 0 Å². The fraction of sp³-hybridized carbons (Fsp3) is 0.600. The average Bonchev–Trinajstić information content (AvgIpc) is 2.95. The van der Waals surface area contributed by atoms with E-state index in [0.717, 1.165) is 0 Å². The molecule has 8 nitrogen and oxygen atoms in total. The van der Waals surface area contributed by atoms with Crippen LogP contribution in [0.3, 0.4) is 0 Å². The molecule has 1 aromatic heterocycles. The van der Waals surface area contributed by atoms with Crippen LogP contribution in [0.2, 0.25) is 0 Å². The molecule has 0 spiro atoms. The highest BCUT2D eigenvalue weighted by atomic mass is 19.4. The minimum absolute atomic E-state index is 0.0924. The van der Waals surface area contributed by atoms with Crippen molar-refractivity contribution < 1.29 is 31.9 Å². The molecule has 2 amide bonds. The Labute approximate surface area is 116 Å². The number of piperazine rings is 1. The Hall–Kier alpha value is -2.33. The topological polar surface area (TPSA) is 88.8 Å². The third kappa shape index (κ3) is 3.06. The lowest BCUT2D eigenvalue weighted by Gasteiger charge is -2.36. The van der Waals surface area contributed by atoms with Gasteiger partial charge in [-0.3, -0.25) is 4.79 Å². The summed E-state index contributed by atoms with van der Waals surface area (Å²) < 4.78 is 46.4. The summed E-state index contributed by atoms with van der Waals surface area (Å²) in [7, 11) is 1.18. The van der Waals surface area contributed by atoms with Gasteiger partial charge in [-0.15, -0.1) is 10.2 Å². The van der Waals surface area contributed by atoms with Crippen LogP contribution in [0.4, 0.5) is 18.0 Å². The fourth-order valence-corrected chi connectivity index (χ4v) is 1.92. The highest BCUT2D eigenvalue weighted by Gasteiger charge is 2.40. The zero-order chi connectivity index (χ0) is 15.6. The molecule has 1 aliphatic heterocycles. The molecular weight excluding hydrogens is 297 g/mol. The van der Waals surface area contributed by atoms with Gasteiger partial charge in [0.2, 0.25) is 12.3 Å². The van der Waals surface area contributed by atoms with Crippen LogP contribution in [-0.4, -0.2) is 59.2 Å². The summed E-state index contributed by atoms with van der Waals surface area (Å²) >= 11 is 0. The maximum atomic E-state index is 12.4. The third-order valence-electron chi connectivity index (χ3n) is 2.96. The Balaban J connectivity index is 2.23. The van der Waals surface area contributed by atoms with Crippen LogP contribution in [0.1, 0.15) is 17.8 Å². The van der Waals surface area contributed by atoms with Crippen LogP contribution in [0.25, 0.3) is 0 Å². The van der Waals surface area contributed by atoms with Gasteiger partial charge in [-0.1, -0.05) is 0 Å². The van der Waals surface area contributed by atoms with Gasteiger partial charge in [-0.2, -0.15) is 13.2 Å². The Morgan fingerprint density at radius 1 is 1.43 bits per heavy atom. The summed E-state index contributed by atoms with van der Waals surface area (Å²) in [5.41, 5.74) is 0. The maximum absolute atomic E-state index is 12.4. The lowest BCUT2D eigenvalue weighted by Crippen LogP contribution is -2.50. The van der Waals surface area contributed by atoms with Crippen LogP contribution < -0.4 is 0 Å². The molecule has 2 rings (SSSR count). The number of amides is 2. The van der Waals surface area contributed by atoms with Gasteiger partial charge in [-0.25, -0.2) is 4.79 Å². The Bertz CT molecular complexity index is 533. The van der Waals surface area contributed by atoms with Crippen LogP contribution >= 0.6 is 0 Å². The maximum Gasteiger partial charge on any atom is 0.470 e. The summed E-state index contributed by atoms with van der Waals surface area (Å²) in [6, 6.07) is -0.945. The molecule has 116 valence electrons. The number of ether oxygens (including phenoxy) is 1. The molecule has 0 radical (unpaired) electrons. The second-order valence-electron chi connectivity index (χ2n) is 4.22. The van der Waals surface area contributed by atoms with Gasteiger partial charge in [-0.05, 0) is 0 Å². The van der Waals surface area contributed by atoms with Gasteiger partial charge in [0, 0.05) is 13.1 Å². The number of nitrogens with zero attached hydrogens (tertiary/aromatic N) is 4. The molecular formula is C10H11F3N4O4. The zero-order valence-electron chi connectivity index (χ0n) is 10.8. The normalized spacial score (nSPS) is 19.5. The lowest BCUT2D eigenvalue weighted by molar-refractivity contribution is -0.158. The molecule has 1 atom stereocenters. The summed E-state index contributed by atoms with van der Waals surface area (Å²) in [4.78, 5) is 24.9. The molecule has 2 heterocycles. The first-order valence-electron chi connectivity index (χ1n) is 5.81. The quantitative estimate of drug-likeness (QED) is 0.746. The number of hydrogen-bond donors (Lipinski definition) is 0. The summed E-state index contributed by atoms with van der Waals surface area (Å²) in [5.74, 6) is -1.89. The van der Waals surface area contributed by atoms with E-state index >= 15 is 0 Å². The molecule has 1 unspecified atom stereocenters. The van der Waals surface area contributed by atoms with Crippen LogP contribution in [0, 0.1) is 0 Å². The van der Waals surface area contributed by atoms with E-state index < -0.39 is 24.2 Å².